The molecule has 1 N–H and O–H groups in total. The standard InChI is InChI=1S/C22H29NO/c1-4-5-12-24-22-11-10-19(13-17(22)3)20-14-21(23-15-20)18-8-6-16(2)7-9-18/h6-11,13,20-21,23H,4-5,12,14-15H2,1-3H3. The predicted molar refractivity (Wildman–Crippen MR) is 101 cm³/mol. The minimum absolute atomic E-state index is 0.469. The fraction of sp³-hybridized carbons (Fsp3) is 0.455. The quantitative estimate of drug-likeness (QED) is 0.728. The minimum atomic E-state index is 0.469. The van der Waals surface area contributed by atoms with Gasteiger partial charge in [-0.1, -0.05) is 55.3 Å². The molecule has 2 aromatic carbocycles. The van der Waals surface area contributed by atoms with Crippen LogP contribution in [-0.2, 0) is 0 Å². The van der Waals surface area contributed by atoms with Crippen LogP contribution in [0.25, 0.3) is 0 Å². The summed E-state index contributed by atoms with van der Waals surface area (Å²) in [6.45, 7) is 8.36. The number of rotatable bonds is 6. The average molecular weight is 323 g/mol. The Hall–Kier alpha value is -1.80. The Balaban J connectivity index is 1.65. The highest BCUT2D eigenvalue weighted by Gasteiger charge is 2.26. The first-order valence-corrected chi connectivity index (χ1v) is 9.20. The molecule has 2 nitrogen and oxygen atoms in total. The van der Waals surface area contributed by atoms with Crippen molar-refractivity contribution in [3.8, 4) is 5.75 Å². The molecule has 1 saturated heterocycles. The van der Waals surface area contributed by atoms with Crippen LogP contribution in [-0.4, -0.2) is 13.2 Å². The molecular weight excluding hydrogens is 294 g/mol. The lowest BCUT2D eigenvalue weighted by atomic mass is 9.92. The number of hydrogen-bond acceptors (Lipinski definition) is 2. The highest BCUT2D eigenvalue weighted by molar-refractivity contribution is 5.38. The van der Waals surface area contributed by atoms with Crippen molar-refractivity contribution in [3.63, 3.8) is 0 Å². The van der Waals surface area contributed by atoms with Crippen LogP contribution in [0.15, 0.2) is 42.5 Å². The maximum absolute atomic E-state index is 5.88. The third-order valence-corrected chi connectivity index (χ3v) is 5.04. The van der Waals surface area contributed by atoms with Gasteiger partial charge in [-0.25, -0.2) is 0 Å². The summed E-state index contributed by atoms with van der Waals surface area (Å²) in [5.74, 6) is 1.62. The Bertz CT molecular complexity index is 662. The Morgan fingerprint density at radius 1 is 1.04 bits per heavy atom. The second-order valence-corrected chi connectivity index (χ2v) is 7.03. The molecule has 3 rings (SSSR count). The first-order chi connectivity index (χ1) is 11.7. The molecule has 0 aliphatic carbocycles. The van der Waals surface area contributed by atoms with Crippen molar-refractivity contribution < 1.29 is 4.74 Å². The normalized spacial score (nSPS) is 20.3. The van der Waals surface area contributed by atoms with E-state index in [1.165, 1.54) is 35.1 Å². The van der Waals surface area contributed by atoms with Crippen LogP contribution in [0.4, 0.5) is 0 Å². The minimum Gasteiger partial charge on any atom is -0.493 e. The molecule has 1 aliphatic rings. The van der Waals surface area contributed by atoms with Crippen molar-refractivity contribution in [2.75, 3.05) is 13.2 Å². The van der Waals surface area contributed by atoms with Gasteiger partial charge in [-0.05, 0) is 55.4 Å². The molecular formula is C22H29NO. The van der Waals surface area contributed by atoms with E-state index >= 15 is 0 Å². The largest absolute Gasteiger partial charge is 0.493 e. The van der Waals surface area contributed by atoms with E-state index in [9.17, 15) is 0 Å². The number of hydrogen-bond donors (Lipinski definition) is 1. The van der Waals surface area contributed by atoms with E-state index in [-0.39, 0.29) is 0 Å². The molecule has 1 heterocycles. The van der Waals surface area contributed by atoms with Gasteiger partial charge in [0.05, 0.1) is 6.61 Å². The van der Waals surface area contributed by atoms with E-state index in [2.05, 4.69) is 68.6 Å². The topological polar surface area (TPSA) is 21.3 Å². The summed E-state index contributed by atoms with van der Waals surface area (Å²) in [5.41, 5.74) is 5.40. The van der Waals surface area contributed by atoms with Gasteiger partial charge in [-0.2, -0.15) is 0 Å². The van der Waals surface area contributed by atoms with Crippen LogP contribution in [0.1, 0.15) is 60.4 Å². The van der Waals surface area contributed by atoms with Gasteiger partial charge >= 0.3 is 0 Å². The third kappa shape index (κ3) is 3.99. The molecule has 2 atom stereocenters. The van der Waals surface area contributed by atoms with Gasteiger partial charge in [0.15, 0.2) is 0 Å². The van der Waals surface area contributed by atoms with Gasteiger partial charge in [0.25, 0.3) is 0 Å². The number of nitrogens with one attached hydrogen (secondary N) is 1. The van der Waals surface area contributed by atoms with E-state index in [1.54, 1.807) is 0 Å². The molecule has 0 aromatic heterocycles. The van der Waals surface area contributed by atoms with Gasteiger partial charge in [0.1, 0.15) is 5.75 Å². The maximum Gasteiger partial charge on any atom is 0.122 e. The van der Waals surface area contributed by atoms with Gasteiger partial charge in [0, 0.05) is 12.6 Å². The van der Waals surface area contributed by atoms with E-state index < -0.39 is 0 Å². The molecule has 128 valence electrons. The molecule has 0 saturated carbocycles. The molecule has 0 amide bonds. The van der Waals surface area contributed by atoms with Crippen LogP contribution < -0.4 is 10.1 Å². The van der Waals surface area contributed by atoms with Crippen molar-refractivity contribution in [1.29, 1.82) is 0 Å². The zero-order chi connectivity index (χ0) is 16.9. The molecule has 0 bridgehead atoms. The number of benzene rings is 2. The second-order valence-electron chi connectivity index (χ2n) is 7.03. The van der Waals surface area contributed by atoms with Crippen molar-refractivity contribution in [3.05, 3.63) is 64.7 Å². The summed E-state index contributed by atoms with van der Waals surface area (Å²) in [6, 6.07) is 16.1. The van der Waals surface area contributed by atoms with Crippen molar-refractivity contribution in [2.24, 2.45) is 0 Å². The highest BCUT2D eigenvalue weighted by atomic mass is 16.5. The summed E-state index contributed by atoms with van der Waals surface area (Å²) < 4.78 is 5.88. The second kappa shape index (κ2) is 7.85. The molecule has 0 spiro atoms. The smallest absolute Gasteiger partial charge is 0.122 e. The van der Waals surface area contributed by atoms with Crippen LogP contribution in [0.5, 0.6) is 5.75 Å². The Morgan fingerprint density at radius 2 is 1.79 bits per heavy atom. The van der Waals surface area contributed by atoms with Crippen molar-refractivity contribution in [2.45, 2.75) is 52.0 Å². The Kier molecular flexibility index (Phi) is 5.57. The van der Waals surface area contributed by atoms with Gasteiger partial charge < -0.3 is 10.1 Å². The summed E-state index contributed by atoms with van der Waals surface area (Å²) in [7, 11) is 0. The third-order valence-electron chi connectivity index (χ3n) is 5.04. The highest BCUT2D eigenvalue weighted by Crippen LogP contribution is 2.35. The lowest BCUT2D eigenvalue weighted by Crippen LogP contribution is -2.13. The van der Waals surface area contributed by atoms with E-state index in [1.807, 2.05) is 0 Å². The summed E-state index contributed by atoms with van der Waals surface area (Å²) >= 11 is 0. The van der Waals surface area contributed by atoms with Crippen LogP contribution in [0, 0.1) is 13.8 Å². The van der Waals surface area contributed by atoms with Crippen LogP contribution >= 0.6 is 0 Å². The first-order valence-electron chi connectivity index (χ1n) is 9.20. The van der Waals surface area contributed by atoms with Crippen LogP contribution in [0.3, 0.4) is 0 Å². The Morgan fingerprint density at radius 3 is 2.50 bits per heavy atom. The molecule has 24 heavy (non-hydrogen) atoms. The van der Waals surface area contributed by atoms with Crippen molar-refractivity contribution in [1.82, 2.24) is 5.32 Å². The molecule has 0 radical (unpaired) electrons. The fourth-order valence-electron chi connectivity index (χ4n) is 3.46. The zero-order valence-electron chi connectivity index (χ0n) is 15.1. The van der Waals surface area contributed by atoms with Crippen molar-refractivity contribution >= 4 is 0 Å². The molecule has 2 unspecified atom stereocenters. The van der Waals surface area contributed by atoms with E-state index in [4.69, 9.17) is 4.74 Å². The summed E-state index contributed by atoms with van der Waals surface area (Å²) in [5, 5.41) is 3.69. The maximum atomic E-state index is 5.88. The monoisotopic (exact) mass is 323 g/mol. The molecule has 2 heteroatoms. The fourth-order valence-corrected chi connectivity index (χ4v) is 3.46. The number of ether oxygens (including phenoxy) is 1. The first kappa shape index (κ1) is 17.0. The van der Waals surface area contributed by atoms with E-state index in [0.717, 1.165) is 25.3 Å². The average Bonchev–Trinajstić information content (AvgIpc) is 3.07. The van der Waals surface area contributed by atoms with Gasteiger partial charge in [-0.15, -0.1) is 0 Å². The van der Waals surface area contributed by atoms with Crippen LogP contribution in [0.2, 0.25) is 0 Å². The molecule has 1 aliphatic heterocycles. The lowest BCUT2D eigenvalue weighted by molar-refractivity contribution is 0.307. The predicted octanol–water partition coefficient (Wildman–Crippen LogP) is 5.30. The van der Waals surface area contributed by atoms with Gasteiger partial charge in [-0.3, -0.25) is 0 Å². The number of unbranched alkanes of at least 4 members (excludes halogenated alkanes) is 1. The molecule has 1 fully saturated rings. The van der Waals surface area contributed by atoms with E-state index in [0.29, 0.717) is 12.0 Å². The summed E-state index contributed by atoms with van der Waals surface area (Å²) in [4.78, 5) is 0. The zero-order valence-corrected chi connectivity index (χ0v) is 15.1. The lowest BCUT2D eigenvalue weighted by Gasteiger charge is -2.14. The SMILES string of the molecule is CCCCOc1ccc(C2CNC(c3ccc(C)cc3)C2)cc1C. The Labute approximate surface area is 146 Å². The van der Waals surface area contributed by atoms with Gasteiger partial charge in [0.2, 0.25) is 0 Å². The number of aryl methyl sites for hydroxylation is 2. The summed E-state index contributed by atoms with van der Waals surface area (Å²) in [6.07, 6.45) is 3.45. The molecule has 2 aromatic rings.